The van der Waals surface area contributed by atoms with Crippen molar-refractivity contribution in [1.82, 2.24) is 4.57 Å². The van der Waals surface area contributed by atoms with Gasteiger partial charge in [0.15, 0.2) is 0 Å². The maximum Gasteiger partial charge on any atom is 0.323 e. The van der Waals surface area contributed by atoms with E-state index in [9.17, 15) is 9.59 Å². The van der Waals surface area contributed by atoms with E-state index in [4.69, 9.17) is 0 Å². The van der Waals surface area contributed by atoms with Crippen LogP contribution in [0.3, 0.4) is 0 Å². The third-order valence-electron chi connectivity index (χ3n) is 5.49. The van der Waals surface area contributed by atoms with Gasteiger partial charge in [-0.2, -0.15) is 0 Å². The van der Waals surface area contributed by atoms with Crippen molar-refractivity contribution in [2.45, 2.75) is 11.4 Å². The van der Waals surface area contributed by atoms with Crippen LogP contribution in [0.5, 0.6) is 0 Å². The lowest BCUT2D eigenvalue weighted by atomic mass is 10.2. The number of thioether (sulfide) groups is 1. The molecule has 0 saturated carbocycles. The summed E-state index contributed by atoms with van der Waals surface area (Å²) in [6.45, 7) is 0.500. The summed E-state index contributed by atoms with van der Waals surface area (Å²) in [7, 11) is 1.97. The lowest BCUT2D eigenvalue weighted by Crippen LogP contribution is -2.34. The number of fused-ring (bicyclic) bond motifs is 2. The molecule has 0 unspecified atom stereocenters. The van der Waals surface area contributed by atoms with Crippen molar-refractivity contribution in [3.63, 3.8) is 0 Å². The summed E-state index contributed by atoms with van der Waals surface area (Å²) in [6, 6.07) is 23.1. The Kier molecular flexibility index (Phi) is 5.33. The second-order valence-corrected chi connectivity index (χ2v) is 8.73. The molecule has 2 heterocycles. The highest BCUT2D eigenvalue weighted by molar-refractivity contribution is 8.00. The first kappa shape index (κ1) is 20.2. The number of benzene rings is 3. The van der Waals surface area contributed by atoms with Crippen LogP contribution in [0, 0.1) is 0 Å². The Morgan fingerprint density at radius 3 is 2.53 bits per heavy atom. The highest BCUT2D eigenvalue weighted by atomic mass is 32.2. The molecule has 1 aromatic heterocycles. The van der Waals surface area contributed by atoms with E-state index in [1.807, 2.05) is 90.6 Å². The van der Waals surface area contributed by atoms with Gasteiger partial charge in [0, 0.05) is 35.0 Å². The second-order valence-electron chi connectivity index (χ2n) is 7.72. The first-order valence-electron chi connectivity index (χ1n) is 10.3. The molecule has 0 aliphatic carbocycles. The monoisotopic (exact) mass is 442 g/mol. The SMILES string of the molecule is Cn1ccc2ccc(NC(=O)Nc3ccc4c(c3)N(Cc3ccccc3)C(=O)CS4)cc21. The molecule has 6 nitrogen and oxygen atoms in total. The molecule has 5 rings (SSSR count). The maximum atomic E-state index is 12.7. The minimum atomic E-state index is -0.331. The zero-order chi connectivity index (χ0) is 22.1. The second kappa shape index (κ2) is 8.43. The zero-order valence-electron chi connectivity index (χ0n) is 17.5. The number of urea groups is 1. The van der Waals surface area contributed by atoms with Crippen molar-refractivity contribution in [1.29, 1.82) is 0 Å². The fourth-order valence-electron chi connectivity index (χ4n) is 3.85. The highest BCUT2D eigenvalue weighted by Crippen LogP contribution is 2.38. The molecule has 3 amide bonds. The van der Waals surface area contributed by atoms with Gasteiger partial charge in [0.1, 0.15) is 0 Å². The first-order chi connectivity index (χ1) is 15.6. The quantitative estimate of drug-likeness (QED) is 0.441. The first-order valence-corrected chi connectivity index (χ1v) is 11.3. The molecule has 4 aromatic rings. The van der Waals surface area contributed by atoms with E-state index in [1.54, 1.807) is 4.90 Å². The Morgan fingerprint density at radius 1 is 0.969 bits per heavy atom. The Morgan fingerprint density at radius 2 is 1.72 bits per heavy atom. The van der Waals surface area contributed by atoms with Crippen molar-refractivity contribution in [2.24, 2.45) is 7.05 Å². The fourth-order valence-corrected chi connectivity index (χ4v) is 4.77. The van der Waals surface area contributed by atoms with Gasteiger partial charge < -0.3 is 20.1 Å². The number of nitrogens with one attached hydrogen (secondary N) is 2. The molecule has 3 aromatic carbocycles. The van der Waals surface area contributed by atoms with Gasteiger partial charge >= 0.3 is 6.03 Å². The van der Waals surface area contributed by atoms with Crippen LogP contribution >= 0.6 is 11.8 Å². The van der Waals surface area contributed by atoms with Gasteiger partial charge in [0.2, 0.25) is 5.91 Å². The normalized spacial score (nSPS) is 13.2. The molecule has 0 saturated heterocycles. The topological polar surface area (TPSA) is 66.4 Å². The summed E-state index contributed by atoms with van der Waals surface area (Å²) in [5.74, 6) is 0.471. The van der Waals surface area contributed by atoms with E-state index in [2.05, 4.69) is 10.6 Å². The molecule has 0 fully saturated rings. The van der Waals surface area contributed by atoms with Gasteiger partial charge in [0.25, 0.3) is 0 Å². The minimum Gasteiger partial charge on any atom is -0.350 e. The van der Waals surface area contributed by atoms with Gasteiger partial charge in [0.05, 0.1) is 18.0 Å². The predicted molar refractivity (Wildman–Crippen MR) is 130 cm³/mol. The van der Waals surface area contributed by atoms with Crippen LogP contribution in [-0.4, -0.2) is 22.3 Å². The summed E-state index contributed by atoms with van der Waals surface area (Å²) < 4.78 is 2.01. The number of aryl methyl sites for hydroxylation is 1. The van der Waals surface area contributed by atoms with Crippen LogP contribution < -0.4 is 15.5 Å². The van der Waals surface area contributed by atoms with Crippen LogP contribution in [0.4, 0.5) is 21.9 Å². The molecule has 1 aliphatic heterocycles. The fraction of sp³-hybridized carbons (Fsp3) is 0.120. The van der Waals surface area contributed by atoms with Gasteiger partial charge in [-0.1, -0.05) is 36.4 Å². The number of amides is 3. The molecule has 7 heteroatoms. The van der Waals surface area contributed by atoms with Crippen molar-refractivity contribution in [2.75, 3.05) is 21.3 Å². The van der Waals surface area contributed by atoms with Crippen molar-refractivity contribution < 1.29 is 9.59 Å². The van der Waals surface area contributed by atoms with Gasteiger partial charge in [-0.25, -0.2) is 4.79 Å². The molecule has 0 atom stereocenters. The zero-order valence-corrected chi connectivity index (χ0v) is 18.4. The average molecular weight is 443 g/mol. The van der Waals surface area contributed by atoms with Crippen molar-refractivity contribution >= 4 is 51.7 Å². The lowest BCUT2D eigenvalue weighted by molar-refractivity contribution is -0.116. The summed E-state index contributed by atoms with van der Waals surface area (Å²) >= 11 is 1.52. The maximum absolute atomic E-state index is 12.7. The summed E-state index contributed by atoms with van der Waals surface area (Å²) in [5.41, 5.74) is 4.27. The standard InChI is InChI=1S/C25H22N4O2S/c1-28-12-11-18-7-8-19(13-21(18)28)26-25(31)27-20-9-10-23-22(14-20)29(24(30)16-32-23)15-17-5-3-2-4-6-17/h2-14H,15-16H2,1H3,(H2,26,27,31). The Bertz CT molecular complexity index is 1320. The smallest absolute Gasteiger partial charge is 0.323 e. The number of carbonyl (C=O) groups excluding carboxylic acids is 2. The number of nitrogens with zero attached hydrogens (tertiary/aromatic N) is 2. The van der Waals surface area contributed by atoms with Gasteiger partial charge in [-0.15, -0.1) is 11.8 Å². The van der Waals surface area contributed by atoms with E-state index >= 15 is 0 Å². The number of anilines is 3. The van der Waals surface area contributed by atoms with E-state index in [0.29, 0.717) is 23.7 Å². The van der Waals surface area contributed by atoms with Crippen LogP contribution in [0.1, 0.15) is 5.56 Å². The Hall–Kier alpha value is -3.71. The largest absolute Gasteiger partial charge is 0.350 e. The molecule has 160 valence electrons. The van der Waals surface area contributed by atoms with E-state index < -0.39 is 0 Å². The van der Waals surface area contributed by atoms with Crippen LogP contribution in [0.25, 0.3) is 10.9 Å². The molecule has 1 aliphatic rings. The minimum absolute atomic E-state index is 0.0591. The third-order valence-corrected chi connectivity index (χ3v) is 6.54. The van der Waals surface area contributed by atoms with Crippen molar-refractivity contribution in [3.8, 4) is 0 Å². The molecule has 0 spiro atoms. The predicted octanol–water partition coefficient (Wildman–Crippen LogP) is 5.46. The molecule has 32 heavy (non-hydrogen) atoms. The number of carbonyl (C=O) groups is 2. The average Bonchev–Trinajstić information content (AvgIpc) is 3.16. The van der Waals surface area contributed by atoms with Crippen LogP contribution in [0.15, 0.2) is 83.9 Å². The molecular formula is C25H22N4O2S. The number of rotatable bonds is 4. The van der Waals surface area contributed by atoms with Gasteiger partial charge in [-0.05, 0) is 47.3 Å². The number of aromatic nitrogens is 1. The Balaban J connectivity index is 1.34. The molecule has 0 radical (unpaired) electrons. The highest BCUT2D eigenvalue weighted by Gasteiger charge is 2.25. The molecule has 2 N–H and O–H groups in total. The number of hydrogen-bond donors (Lipinski definition) is 2. The lowest BCUT2D eigenvalue weighted by Gasteiger charge is -2.29. The summed E-state index contributed by atoms with van der Waals surface area (Å²) in [6.07, 6.45) is 1.99. The number of hydrogen-bond acceptors (Lipinski definition) is 3. The van der Waals surface area contributed by atoms with Crippen LogP contribution in [0.2, 0.25) is 0 Å². The summed E-state index contributed by atoms with van der Waals surface area (Å²) in [5, 5.41) is 6.90. The molecular weight excluding hydrogens is 420 g/mol. The van der Waals surface area contributed by atoms with Crippen molar-refractivity contribution in [3.05, 3.63) is 84.6 Å². The Labute approximate surface area is 190 Å². The van der Waals surface area contributed by atoms with Crippen LogP contribution in [-0.2, 0) is 18.4 Å². The molecule has 0 bridgehead atoms. The third kappa shape index (κ3) is 4.07. The van der Waals surface area contributed by atoms with E-state index in [1.165, 1.54) is 11.8 Å². The van der Waals surface area contributed by atoms with Gasteiger partial charge in [-0.3, -0.25) is 4.79 Å². The van der Waals surface area contributed by atoms with E-state index in [-0.39, 0.29) is 11.9 Å². The van der Waals surface area contributed by atoms with E-state index in [0.717, 1.165) is 27.0 Å². The summed E-state index contributed by atoms with van der Waals surface area (Å²) in [4.78, 5) is 28.1.